The molecule has 1 aliphatic rings. The number of hydrogen-bond acceptors (Lipinski definition) is 5. The third-order valence-corrected chi connectivity index (χ3v) is 4.19. The van der Waals surface area contributed by atoms with Gasteiger partial charge in [0, 0.05) is 26.2 Å². The lowest BCUT2D eigenvalue weighted by atomic mass is 9.92. The Morgan fingerprint density at radius 3 is 2.54 bits per heavy atom. The predicted molar refractivity (Wildman–Crippen MR) is 83.7 cm³/mol. The van der Waals surface area contributed by atoms with Gasteiger partial charge in [0.2, 0.25) is 0 Å². The molecule has 3 heterocycles. The van der Waals surface area contributed by atoms with Crippen LogP contribution in [0.3, 0.4) is 0 Å². The van der Waals surface area contributed by atoms with Crippen molar-refractivity contribution in [1.29, 1.82) is 0 Å². The minimum absolute atomic E-state index is 0.0755. The van der Waals surface area contributed by atoms with Crippen LogP contribution in [0.15, 0.2) is 12.1 Å². The molecule has 0 saturated carbocycles. The lowest BCUT2D eigenvalue weighted by Crippen LogP contribution is -2.41. The largest absolute Gasteiger partial charge is 0.453 e. The van der Waals surface area contributed by atoms with Gasteiger partial charge in [-0.3, -0.25) is 0 Å². The second-order valence-corrected chi connectivity index (χ2v) is 6.64. The molecule has 1 aliphatic heterocycles. The third kappa shape index (κ3) is 3.77. The molecule has 2 atom stereocenters. The van der Waals surface area contributed by atoms with Crippen LogP contribution < -0.4 is 5.32 Å². The second-order valence-electron chi connectivity index (χ2n) is 6.64. The molecule has 2 unspecified atom stereocenters. The number of anilines is 1. The average Bonchev–Trinajstić information content (AvgIpc) is 2.89. The molecule has 3 rings (SSSR count). The summed E-state index contributed by atoms with van der Waals surface area (Å²) < 4.78 is 39.3. The molecule has 2 aromatic heterocycles. The highest BCUT2D eigenvalue weighted by Gasteiger charge is 2.37. The fourth-order valence-electron chi connectivity index (χ4n) is 3.38. The molecule has 2 aromatic rings. The molecule has 1 N–H and O–H groups in total. The molecule has 0 aliphatic carbocycles. The van der Waals surface area contributed by atoms with Gasteiger partial charge in [-0.05, 0) is 30.4 Å². The topological polar surface area (TPSA) is 58.3 Å². The van der Waals surface area contributed by atoms with Gasteiger partial charge in [-0.1, -0.05) is 13.8 Å². The van der Waals surface area contributed by atoms with Crippen molar-refractivity contribution in [3.63, 3.8) is 0 Å². The fourth-order valence-corrected chi connectivity index (χ4v) is 3.38. The summed E-state index contributed by atoms with van der Waals surface area (Å²) in [5.74, 6) is 0.620. The summed E-state index contributed by atoms with van der Waals surface area (Å²) in [5, 5.41) is 13.7. The smallest absolute Gasteiger partial charge is 0.367 e. The maximum atomic E-state index is 12.9. The number of likely N-dealkylation sites (tertiary alicyclic amines) is 1. The van der Waals surface area contributed by atoms with E-state index in [1.807, 2.05) is 0 Å². The number of piperidine rings is 1. The summed E-state index contributed by atoms with van der Waals surface area (Å²) in [6, 6.07) is 3.09. The van der Waals surface area contributed by atoms with Crippen LogP contribution in [0.2, 0.25) is 0 Å². The van der Waals surface area contributed by atoms with E-state index < -0.39 is 12.0 Å². The number of nitrogens with zero attached hydrogens (tertiary/aromatic N) is 5. The molecule has 0 bridgehead atoms. The maximum absolute atomic E-state index is 12.9. The van der Waals surface area contributed by atoms with Gasteiger partial charge in [0.15, 0.2) is 5.65 Å². The molecule has 1 fully saturated rings. The maximum Gasteiger partial charge on any atom is 0.453 e. The molecule has 0 radical (unpaired) electrons. The van der Waals surface area contributed by atoms with Crippen LogP contribution in [0.1, 0.15) is 26.1 Å². The third-order valence-electron chi connectivity index (χ3n) is 4.19. The first kappa shape index (κ1) is 16.9. The summed E-state index contributed by atoms with van der Waals surface area (Å²) in [4.78, 5) is 2.38. The average molecular weight is 342 g/mol. The van der Waals surface area contributed by atoms with Gasteiger partial charge < -0.3 is 10.2 Å². The van der Waals surface area contributed by atoms with Crippen molar-refractivity contribution in [2.45, 2.75) is 26.4 Å². The highest BCUT2D eigenvalue weighted by atomic mass is 19.4. The molecule has 0 amide bonds. The van der Waals surface area contributed by atoms with E-state index in [1.165, 1.54) is 12.5 Å². The van der Waals surface area contributed by atoms with Gasteiger partial charge in [-0.25, -0.2) is 0 Å². The van der Waals surface area contributed by atoms with Crippen molar-refractivity contribution < 1.29 is 13.2 Å². The molecule has 0 aromatic carbocycles. The number of aromatic nitrogens is 4. The zero-order valence-electron chi connectivity index (χ0n) is 13.7. The van der Waals surface area contributed by atoms with Crippen LogP contribution in [0.25, 0.3) is 5.65 Å². The van der Waals surface area contributed by atoms with E-state index in [9.17, 15) is 13.2 Å². The van der Waals surface area contributed by atoms with Crippen molar-refractivity contribution in [1.82, 2.24) is 24.7 Å². The van der Waals surface area contributed by atoms with Crippen LogP contribution in [0.5, 0.6) is 0 Å². The van der Waals surface area contributed by atoms with E-state index in [2.05, 4.69) is 39.4 Å². The summed E-state index contributed by atoms with van der Waals surface area (Å²) in [6.07, 6.45) is -3.33. The van der Waals surface area contributed by atoms with Gasteiger partial charge in [0.1, 0.15) is 5.82 Å². The molecule has 24 heavy (non-hydrogen) atoms. The molecule has 1 saturated heterocycles. The number of fused-ring (bicyclic) bond motifs is 1. The van der Waals surface area contributed by atoms with E-state index >= 15 is 0 Å². The van der Waals surface area contributed by atoms with Crippen molar-refractivity contribution in [2.24, 2.45) is 11.8 Å². The molecular formula is C15H21F3N6. The SMILES string of the molecule is CC1CC(C)CN(CCNc2ccc3nnc(C(F)(F)F)n3n2)C1. The van der Waals surface area contributed by atoms with E-state index in [0.29, 0.717) is 24.2 Å². The van der Waals surface area contributed by atoms with Crippen molar-refractivity contribution in [3.8, 4) is 0 Å². The first-order chi connectivity index (χ1) is 11.3. The van der Waals surface area contributed by atoms with E-state index in [0.717, 1.165) is 24.1 Å². The molecule has 6 nitrogen and oxygen atoms in total. The molecular weight excluding hydrogens is 321 g/mol. The van der Waals surface area contributed by atoms with Crippen molar-refractivity contribution >= 4 is 11.5 Å². The number of halogens is 3. The summed E-state index contributed by atoms with van der Waals surface area (Å²) in [5.41, 5.74) is 0.0755. The number of alkyl halides is 3. The van der Waals surface area contributed by atoms with Crippen LogP contribution in [-0.4, -0.2) is 50.9 Å². The Balaban J connectivity index is 1.63. The van der Waals surface area contributed by atoms with Gasteiger partial charge in [0.05, 0.1) is 0 Å². The van der Waals surface area contributed by atoms with Gasteiger partial charge in [-0.2, -0.15) is 17.7 Å². The minimum Gasteiger partial charge on any atom is -0.367 e. The van der Waals surface area contributed by atoms with Gasteiger partial charge in [-0.15, -0.1) is 15.3 Å². The summed E-state index contributed by atoms with van der Waals surface area (Å²) in [6.45, 7) is 8.07. The van der Waals surface area contributed by atoms with Gasteiger partial charge in [0.25, 0.3) is 5.82 Å². The van der Waals surface area contributed by atoms with Crippen LogP contribution in [-0.2, 0) is 6.18 Å². The Labute approximate surface area is 138 Å². The Morgan fingerprint density at radius 1 is 1.17 bits per heavy atom. The molecule has 132 valence electrons. The van der Waals surface area contributed by atoms with E-state index in [-0.39, 0.29) is 5.65 Å². The lowest BCUT2D eigenvalue weighted by Gasteiger charge is -2.34. The first-order valence-corrected chi connectivity index (χ1v) is 8.09. The Bertz CT molecular complexity index is 688. The predicted octanol–water partition coefficient (Wildman–Crippen LogP) is 2.53. The van der Waals surface area contributed by atoms with Crippen molar-refractivity contribution in [2.75, 3.05) is 31.5 Å². The Kier molecular flexibility index (Phi) is 4.62. The van der Waals surface area contributed by atoms with Crippen LogP contribution in [0, 0.1) is 11.8 Å². The number of rotatable bonds is 4. The standard InChI is InChI=1S/C15H21F3N6/c1-10-7-11(2)9-23(8-10)6-5-19-12-3-4-13-20-21-14(15(16,17)18)24(13)22-12/h3-4,10-11H,5-9H2,1-2H3,(H,19,22). The molecule has 0 spiro atoms. The fraction of sp³-hybridized carbons (Fsp3) is 0.667. The minimum atomic E-state index is -4.58. The second kappa shape index (κ2) is 6.54. The lowest BCUT2D eigenvalue weighted by molar-refractivity contribution is -0.146. The van der Waals surface area contributed by atoms with E-state index in [4.69, 9.17) is 0 Å². The normalized spacial score (nSPS) is 22.9. The number of hydrogen-bond donors (Lipinski definition) is 1. The highest BCUT2D eigenvalue weighted by molar-refractivity contribution is 5.44. The highest BCUT2D eigenvalue weighted by Crippen LogP contribution is 2.27. The zero-order chi connectivity index (χ0) is 17.3. The number of nitrogens with one attached hydrogen (secondary N) is 1. The Morgan fingerprint density at radius 2 is 1.88 bits per heavy atom. The van der Waals surface area contributed by atoms with Crippen molar-refractivity contribution in [3.05, 3.63) is 18.0 Å². The molecule has 9 heteroatoms. The summed E-state index contributed by atoms with van der Waals surface area (Å²) in [7, 11) is 0. The van der Waals surface area contributed by atoms with Crippen LogP contribution in [0.4, 0.5) is 19.0 Å². The zero-order valence-corrected chi connectivity index (χ0v) is 13.7. The van der Waals surface area contributed by atoms with Gasteiger partial charge >= 0.3 is 6.18 Å². The monoisotopic (exact) mass is 342 g/mol. The van der Waals surface area contributed by atoms with Crippen LogP contribution >= 0.6 is 0 Å². The quantitative estimate of drug-likeness (QED) is 0.925. The van der Waals surface area contributed by atoms with E-state index in [1.54, 1.807) is 6.07 Å². The summed E-state index contributed by atoms with van der Waals surface area (Å²) >= 11 is 0. The first-order valence-electron chi connectivity index (χ1n) is 8.09. The Hall–Kier alpha value is -1.90.